The van der Waals surface area contributed by atoms with E-state index in [1.807, 2.05) is 6.92 Å². The van der Waals surface area contributed by atoms with E-state index in [1.165, 1.54) is 10.6 Å². The highest BCUT2D eigenvalue weighted by Gasteiger charge is 2.28. The van der Waals surface area contributed by atoms with Gasteiger partial charge in [-0.05, 0) is 49.4 Å². The molecule has 1 fully saturated rings. The van der Waals surface area contributed by atoms with Crippen LogP contribution in [0.4, 0.5) is 10.5 Å². The monoisotopic (exact) mass is 367 g/mol. The third-order valence-electron chi connectivity index (χ3n) is 4.10. The minimum atomic E-state index is -0.702. The van der Waals surface area contributed by atoms with Gasteiger partial charge in [0.15, 0.2) is 5.65 Å². The Morgan fingerprint density at radius 1 is 1.38 bits per heavy atom. The van der Waals surface area contributed by atoms with E-state index < -0.39 is 6.09 Å². The second-order valence-electron chi connectivity index (χ2n) is 6.24. The molecule has 7 nitrogen and oxygen atoms in total. The van der Waals surface area contributed by atoms with E-state index in [-0.39, 0.29) is 11.0 Å². The molecule has 1 aliphatic carbocycles. The molecule has 1 saturated carbocycles. The van der Waals surface area contributed by atoms with Crippen molar-refractivity contribution in [3.05, 3.63) is 52.3 Å². The van der Waals surface area contributed by atoms with E-state index in [9.17, 15) is 4.79 Å². The molecule has 1 aliphatic rings. The van der Waals surface area contributed by atoms with Crippen LogP contribution >= 0.6 is 11.6 Å². The summed E-state index contributed by atoms with van der Waals surface area (Å²) < 4.78 is 6.85. The molecule has 2 heterocycles. The SMILES string of the molecule is Cc1cc(C#N)cc(NC(=O)Oc2cc(Cl)nc3c(C4CC4)cnn23)c1. The van der Waals surface area contributed by atoms with Gasteiger partial charge in [-0.2, -0.15) is 14.9 Å². The minimum Gasteiger partial charge on any atom is -0.391 e. The molecule has 0 bridgehead atoms. The number of aryl methyl sites for hydroxylation is 1. The van der Waals surface area contributed by atoms with Gasteiger partial charge in [-0.3, -0.25) is 5.32 Å². The van der Waals surface area contributed by atoms with Crippen LogP contribution in [0.25, 0.3) is 5.65 Å². The van der Waals surface area contributed by atoms with Crippen LogP contribution in [0.5, 0.6) is 5.88 Å². The largest absolute Gasteiger partial charge is 0.418 e. The van der Waals surface area contributed by atoms with Crippen LogP contribution in [0.2, 0.25) is 5.15 Å². The van der Waals surface area contributed by atoms with Crippen molar-refractivity contribution < 1.29 is 9.53 Å². The predicted octanol–water partition coefficient (Wildman–Crippen LogP) is 4.05. The molecule has 1 N–H and O–H groups in total. The average Bonchev–Trinajstić information content (AvgIpc) is 3.34. The number of aromatic nitrogens is 3. The zero-order valence-electron chi connectivity index (χ0n) is 13.9. The van der Waals surface area contributed by atoms with Crippen LogP contribution in [0, 0.1) is 18.3 Å². The lowest BCUT2D eigenvalue weighted by molar-refractivity contribution is 0.212. The number of rotatable bonds is 3. The molecule has 4 rings (SSSR count). The number of nitrogens with zero attached hydrogens (tertiary/aromatic N) is 4. The van der Waals surface area contributed by atoms with Gasteiger partial charge in [0, 0.05) is 17.3 Å². The number of amides is 1. The summed E-state index contributed by atoms with van der Waals surface area (Å²) in [7, 11) is 0. The Bertz CT molecular complexity index is 1070. The summed E-state index contributed by atoms with van der Waals surface area (Å²) in [5, 5.41) is 16.1. The standard InChI is InChI=1S/C18H14ClN5O2/c1-10-4-11(8-20)6-13(5-10)22-18(25)26-16-7-15(19)23-17-14(12-2-3-12)9-21-24(16)17/h4-7,9,12H,2-3H2,1H3,(H,22,25). The molecule has 0 atom stereocenters. The Morgan fingerprint density at radius 2 is 2.19 bits per heavy atom. The summed E-state index contributed by atoms with van der Waals surface area (Å²) in [5.41, 5.74) is 3.40. The quantitative estimate of drug-likeness (QED) is 0.705. The minimum absolute atomic E-state index is 0.178. The zero-order chi connectivity index (χ0) is 18.3. The van der Waals surface area contributed by atoms with Crippen LogP contribution in [0.15, 0.2) is 30.5 Å². The highest BCUT2D eigenvalue weighted by molar-refractivity contribution is 6.29. The average molecular weight is 368 g/mol. The molecular weight excluding hydrogens is 354 g/mol. The Morgan fingerprint density at radius 3 is 2.92 bits per heavy atom. The smallest absolute Gasteiger partial charge is 0.391 e. The van der Waals surface area contributed by atoms with E-state index in [4.69, 9.17) is 21.6 Å². The summed E-state index contributed by atoms with van der Waals surface area (Å²) in [5.74, 6) is 0.620. The third kappa shape index (κ3) is 3.19. The zero-order valence-corrected chi connectivity index (χ0v) is 14.6. The molecule has 130 valence electrons. The summed E-state index contributed by atoms with van der Waals surface area (Å²) >= 11 is 6.08. The van der Waals surface area contributed by atoms with Crippen molar-refractivity contribution in [3.8, 4) is 11.9 Å². The fourth-order valence-electron chi connectivity index (χ4n) is 2.84. The molecule has 8 heteroatoms. The topological polar surface area (TPSA) is 92.3 Å². The number of anilines is 1. The van der Waals surface area contributed by atoms with Crippen molar-refractivity contribution in [2.75, 3.05) is 5.32 Å². The van der Waals surface area contributed by atoms with E-state index in [2.05, 4.69) is 21.5 Å². The number of carbonyl (C=O) groups is 1. The second-order valence-corrected chi connectivity index (χ2v) is 6.63. The molecule has 0 radical (unpaired) electrons. The van der Waals surface area contributed by atoms with Crippen LogP contribution in [-0.2, 0) is 0 Å². The van der Waals surface area contributed by atoms with Gasteiger partial charge < -0.3 is 4.74 Å². The summed E-state index contributed by atoms with van der Waals surface area (Å²) in [6.07, 6.45) is 3.23. The molecule has 0 spiro atoms. The Balaban J connectivity index is 1.60. The number of nitriles is 1. The lowest BCUT2D eigenvalue weighted by Gasteiger charge is -2.09. The maximum Gasteiger partial charge on any atom is 0.418 e. The van der Waals surface area contributed by atoms with Crippen LogP contribution in [0.3, 0.4) is 0 Å². The number of hydrogen-bond donors (Lipinski definition) is 1. The number of ether oxygens (including phenoxy) is 1. The molecule has 0 saturated heterocycles. The van der Waals surface area contributed by atoms with E-state index >= 15 is 0 Å². The molecule has 1 aromatic carbocycles. The number of benzene rings is 1. The molecule has 26 heavy (non-hydrogen) atoms. The Kier molecular flexibility index (Phi) is 3.98. The van der Waals surface area contributed by atoms with Gasteiger partial charge in [-0.25, -0.2) is 9.78 Å². The van der Waals surface area contributed by atoms with Gasteiger partial charge in [0.05, 0.1) is 17.8 Å². The number of hydrogen-bond acceptors (Lipinski definition) is 5. The number of carbonyl (C=O) groups excluding carboxylic acids is 1. The number of fused-ring (bicyclic) bond motifs is 1. The maximum absolute atomic E-state index is 12.3. The van der Waals surface area contributed by atoms with Crippen molar-refractivity contribution in [3.63, 3.8) is 0 Å². The van der Waals surface area contributed by atoms with Gasteiger partial charge >= 0.3 is 6.09 Å². The second kappa shape index (κ2) is 6.32. The molecule has 0 unspecified atom stereocenters. The highest BCUT2D eigenvalue weighted by atomic mass is 35.5. The van der Waals surface area contributed by atoms with E-state index in [1.54, 1.807) is 24.4 Å². The fraction of sp³-hybridized carbons (Fsp3) is 0.222. The van der Waals surface area contributed by atoms with Gasteiger partial charge in [0.2, 0.25) is 5.88 Å². The first kappa shape index (κ1) is 16.4. The summed E-state index contributed by atoms with van der Waals surface area (Å²) in [6.45, 7) is 1.84. The first-order valence-corrected chi connectivity index (χ1v) is 8.46. The van der Waals surface area contributed by atoms with Crippen molar-refractivity contribution in [2.24, 2.45) is 0 Å². The van der Waals surface area contributed by atoms with Gasteiger partial charge in [-0.1, -0.05) is 11.6 Å². The summed E-state index contributed by atoms with van der Waals surface area (Å²) in [4.78, 5) is 16.6. The lowest BCUT2D eigenvalue weighted by Crippen LogP contribution is -2.18. The molecule has 3 aromatic rings. The third-order valence-corrected chi connectivity index (χ3v) is 4.30. The Labute approximate surface area is 154 Å². The first-order valence-electron chi connectivity index (χ1n) is 8.08. The van der Waals surface area contributed by atoms with Crippen molar-refractivity contribution in [2.45, 2.75) is 25.7 Å². The van der Waals surface area contributed by atoms with Crippen LogP contribution < -0.4 is 10.1 Å². The number of nitrogens with one attached hydrogen (secondary N) is 1. The molecule has 2 aromatic heterocycles. The van der Waals surface area contributed by atoms with Gasteiger partial charge in [0.25, 0.3) is 0 Å². The Hall–Kier alpha value is -3.11. The van der Waals surface area contributed by atoms with Crippen molar-refractivity contribution >= 4 is 29.0 Å². The molecule has 1 amide bonds. The lowest BCUT2D eigenvalue weighted by atomic mass is 10.1. The number of halogens is 1. The van der Waals surface area contributed by atoms with Gasteiger partial charge in [-0.15, -0.1) is 0 Å². The van der Waals surface area contributed by atoms with E-state index in [0.29, 0.717) is 22.8 Å². The van der Waals surface area contributed by atoms with Crippen LogP contribution in [-0.4, -0.2) is 20.7 Å². The molecule has 0 aliphatic heterocycles. The predicted molar refractivity (Wildman–Crippen MR) is 95.5 cm³/mol. The van der Waals surface area contributed by atoms with Crippen LogP contribution in [0.1, 0.15) is 35.4 Å². The maximum atomic E-state index is 12.3. The van der Waals surface area contributed by atoms with Crippen molar-refractivity contribution in [1.82, 2.24) is 14.6 Å². The van der Waals surface area contributed by atoms with E-state index in [0.717, 1.165) is 24.0 Å². The fourth-order valence-corrected chi connectivity index (χ4v) is 3.01. The first-order chi connectivity index (χ1) is 12.5. The normalized spacial score (nSPS) is 13.4. The van der Waals surface area contributed by atoms with Crippen molar-refractivity contribution in [1.29, 1.82) is 5.26 Å². The van der Waals surface area contributed by atoms with Gasteiger partial charge in [0.1, 0.15) is 5.15 Å². The summed E-state index contributed by atoms with van der Waals surface area (Å²) in [6, 6.07) is 8.54. The molecular formula is C18H14ClN5O2. The highest BCUT2D eigenvalue weighted by Crippen LogP contribution is 2.42.